The van der Waals surface area contributed by atoms with Crippen LogP contribution in [-0.2, 0) is 6.54 Å². The lowest BCUT2D eigenvalue weighted by Crippen LogP contribution is -2.43. The first kappa shape index (κ1) is 14.2. The molecule has 2 heterocycles. The van der Waals surface area contributed by atoms with E-state index in [0.717, 1.165) is 17.6 Å². The van der Waals surface area contributed by atoms with E-state index in [1.807, 2.05) is 0 Å². The number of rotatable bonds is 4. The predicted octanol–water partition coefficient (Wildman–Crippen LogP) is 1.25. The fourth-order valence-electron chi connectivity index (χ4n) is 1.96. The molecule has 1 aliphatic heterocycles. The highest BCUT2D eigenvalue weighted by Crippen LogP contribution is 2.15. The Morgan fingerprint density at radius 1 is 1.52 bits per heavy atom. The second-order valence-electron chi connectivity index (χ2n) is 4.81. The zero-order chi connectivity index (χ0) is 14.8. The fourth-order valence-corrected chi connectivity index (χ4v) is 2.37. The molecule has 21 heavy (non-hydrogen) atoms. The quantitative estimate of drug-likeness (QED) is 0.867. The van der Waals surface area contributed by atoms with Gasteiger partial charge in [-0.2, -0.15) is 0 Å². The normalized spacial score (nSPS) is 14.8. The van der Waals surface area contributed by atoms with Crippen molar-refractivity contribution in [3.63, 3.8) is 0 Å². The fraction of sp³-hybridized carbons (Fsp3) is 0.308. The van der Waals surface area contributed by atoms with Crippen LogP contribution in [0.4, 0.5) is 4.39 Å². The summed E-state index contributed by atoms with van der Waals surface area (Å²) < 4.78 is 16.0. The lowest BCUT2D eigenvalue weighted by molar-refractivity contribution is 0.0945. The average molecular weight is 354 g/mol. The van der Waals surface area contributed by atoms with E-state index in [1.165, 1.54) is 6.07 Å². The molecule has 8 heteroatoms. The summed E-state index contributed by atoms with van der Waals surface area (Å²) in [5.41, 5.74) is 0.644. The number of carbonyl (C=O) groups excluding carboxylic acids is 1. The van der Waals surface area contributed by atoms with Crippen LogP contribution in [0, 0.1) is 5.82 Å². The van der Waals surface area contributed by atoms with Crippen molar-refractivity contribution in [1.82, 2.24) is 25.6 Å². The van der Waals surface area contributed by atoms with Gasteiger partial charge in [-0.3, -0.25) is 4.79 Å². The van der Waals surface area contributed by atoms with E-state index in [9.17, 15) is 9.18 Å². The molecule has 0 bridgehead atoms. The molecule has 1 aromatic heterocycles. The van der Waals surface area contributed by atoms with Gasteiger partial charge in [0.2, 0.25) is 0 Å². The number of amides is 1. The molecule has 1 aromatic carbocycles. The Labute approximate surface area is 128 Å². The van der Waals surface area contributed by atoms with Crippen LogP contribution < -0.4 is 10.6 Å². The molecule has 2 aromatic rings. The van der Waals surface area contributed by atoms with Crippen LogP contribution in [-0.4, -0.2) is 34.0 Å². The monoisotopic (exact) mass is 353 g/mol. The van der Waals surface area contributed by atoms with E-state index < -0.39 is 0 Å². The topological polar surface area (TPSA) is 71.8 Å². The number of aromatic nitrogens is 3. The van der Waals surface area contributed by atoms with Gasteiger partial charge in [-0.25, -0.2) is 9.07 Å². The van der Waals surface area contributed by atoms with Crippen molar-refractivity contribution in [2.75, 3.05) is 13.1 Å². The Bertz CT molecular complexity index is 670. The van der Waals surface area contributed by atoms with E-state index in [0.29, 0.717) is 5.56 Å². The molecule has 1 aliphatic rings. The summed E-state index contributed by atoms with van der Waals surface area (Å²) in [6, 6.07) is 4.85. The van der Waals surface area contributed by atoms with E-state index >= 15 is 0 Å². The maximum atomic E-state index is 13.6. The Hall–Kier alpha value is -1.80. The van der Waals surface area contributed by atoms with Crippen LogP contribution in [0.2, 0.25) is 0 Å². The number of hydrogen-bond acceptors (Lipinski definition) is 4. The molecule has 1 fully saturated rings. The summed E-state index contributed by atoms with van der Waals surface area (Å²) in [4.78, 5) is 12.0. The number of nitrogens with zero attached hydrogens (tertiary/aromatic N) is 3. The minimum atomic E-state index is -0.368. The van der Waals surface area contributed by atoms with Gasteiger partial charge in [-0.1, -0.05) is 21.1 Å². The maximum Gasteiger partial charge on any atom is 0.273 e. The van der Waals surface area contributed by atoms with Crippen molar-refractivity contribution >= 4 is 21.8 Å². The molecule has 3 rings (SSSR count). The number of carbonyl (C=O) groups is 1. The van der Waals surface area contributed by atoms with Gasteiger partial charge in [0, 0.05) is 29.7 Å². The number of hydrogen-bond donors (Lipinski definition) is 2. The maximum absolute atomic E-state index is 13.6. The summed E-state index contributed by atoms with van der Waals surface area (Å²) in [6.45, 7) is 1.75. The number of halogens is 2. The van der Waals surface area contributed by atoms with Crippen molar-refractivity contribution in [2.45, 2.75) is 12.6 Å². The lowest BCUT2D eigenvalue weighted by atomic mass is 10.2. The molecule has 110 valence electrons. The van der Waals surface area contributed by atoms with Crippen LogP contribution in [0.15, 0.2) is 28.9 Å². The lowest BCUT2D eigenvalue weighted by Gasteiger charge is -2.26. The molecular weight excluding hydrogens is 341 g/mol. The predicted molar refractivity (Wildman–Crippen MR) is 77.2 cm³/mol. The van der Waals surface area contributed by atoms with Crippen LogP contribution >= 0.6 is 15.9 Å². The highest BCUT2D eigenvalue weighted by Gasteiger charge is 2.21. The third-order valence-electron chi connectivity index (χ3n) is 3.32. The average Bonchev–Trinajstić information content (AvgIpc) is 2.87. The van der Waals surface area contributed by atoms with Crippen molar-refractivity contribution in [2.24, 2.45) is 0 Å². The van der Waals surface area contributed by atoms with Gasteiger partial charge in [0.25, 0.3) is 5.91 Å². The zero-order valence-electron chi connectivity index (χ0n) is 11.0. The van der Waals surface area contributed by atoms with Gasteiger partial charge in [0.15, 0.2) is 5.69 Å². The van der Waals surface area contributed by atoms with Gasteiger partial charge in [0.05, 0.1) is 12.2 Å². The highest BCUT2D eigenvalue weighted by molar-refractivity contribution is 9.10. The van der Waals surface area contributed by atoms with Gasteiger partial charge in [-0.15, -0.1) is 5.10 Å². The first-order chi connectivity index (χ1) is 10.1. The molecular formula is C13H13BrFN5O. The first-order valence-electron chi connectivity index (χ1n) is 6.48. The second kappa shape index (κ2) is 5.90. The van der Waals surface area contributed by atoms with E-state index in [1.54, 1.807) is 23.0 Å². The van der Waals surface area contributed by atoms with Crippen LogP contribution in [0.1, 0.15) is 22.1 Å². The molecule has 0 atom stereocenters. The van der Waals surface area contributed by atoms with Crippen molar-refractivity contribution < 1.29 is 9.18 Å². The Kier molecular flexibility index (Phi) is 3.98. The zero-order valence-corrected chi connectivity index (χ0v) is 12.6. The summed E-state index contributed by atoms with van der Waals surface area (Å²) in [5, 5.41) is 13.5. The Balaban J connectivity index is 1.63. The second-order valence-corrected chi connectivity index (χ2v) is 5.73. The van der Waals surface area contributed by atoms with Crippen LogP contribution in [0.3, 0.4) is 0 Å². The molecule has 1 saturated heterocycles. The summed E-state index contributed by atoms with van der Waals surface area (Å²) in [5.74, 6) is -0.726. The minimum absolute atomic E-state index is 0.0992. The van der Waals surface area contributed by atoms with Gasteiger partial charge in [-0.05, 0) is 18.2 Å². The summed E-state index contributed by atoms with van der Waals surface area (Å²) >= 11 is 3.27. The third kappa shape index (κ3) is 3.11. The molecule has 0 aliphatic carbocycles. The molecule has 6 nitrogen and oxygen atoms in total. The van der Waals surface area contributed by atoms with Crippen molar-refractivity contribution in [3.05, 3.63) is 45.9 Å². The Morgan fingerprint density at radius 2 is 2.33 bits per heavy atom. The van der Waals surface area contributed by atoms with Crippen LogP contribution in [0.5, 0.6) is 0 Å². The Morgan fingerprint density at radius 3 is 3.05 bits per heavy atom. The van der Waals surface area contributed by atoms with Crippen molar-refractivity contribution in [1.29, 1.82) is 0 Å². The third-order valence-corrected chi connectivity index (χ3v) is 3.82. The standard InChI is InChI=1S/C13H13BrFN5O/c14-9-1-2-11(15)8(3-9)4-17-13(21)12-7-20(19-18-12)10-5-16-6-10/h1-3,7,10,16H,4-6H2,(H,17,21). The highest BCUT2D eigenvalue weighted by atomic mass is 79.9. The largest absolute Gasteiger partial charge is 0.346 e. The first-order valence-corrected chi connectivity index (χ1v) is 7.27. The molecule has 0 unspecified atom stereocenters. The molecule has 0 saturated carbocycles. The summed E-state index contributed by atoms with van der Waals surface area (Å²) in [6.07, 6.45) is 1.61. The van der Waals surface area contributed by atoms with Gasteiger partial charge >= 0.3 is 0 Å². The summed E-state index contributed by atoms with van der Waals surface area (Å²) in [7, 11) is 0. The van der Waals surface area contributed by atoms with E-state index in [-0.39, 0.29) is 30.0 Å². The molecule has 0 radical (unpaired) electrons. The smallest absolute Gasteiger partial charge is 0.273 e. The van der Waals surface area contributed by atoms with Crippen molar-refractivity contribution in [3.8, 4) is 0 Å². The van der Waals surface area contributed by atoms with E-state index in [4.69, 9.17) is 0 Å². The SMILES string of the molecule is O=C(NCc1cc(Br)ccc1F)c1cn(C2CNC2)nn1. The number of benzene rings is 1. The molecule has 2 N–H and O–H groups in total. The number of nitrogens with one attached hydrogen (secondary N) is 2. The van der Waals surface area contributed by atoms with Gasteiger partial charge in [0.1, 0.15) is 5.82 Å². The van der Waals surface area contributed by atoms with Gasteiger partial charge < -0.3 is 10.6 Å². The van der Waals surface area contributed by atoms with E-state index in [2.05, 4.69) is 36.9 Å². The molecule has 0 spiro atoms. The minimum Gasteiger partial charge on any atom is -0.346 e. The van der Waals surface area contributed by atoms with Crippen LogP contribution in [0.25, 0.3) is 0 Å². The molecule has 1 amide bonds.